The average molecular weight is 468 g/mol. The average Bonchev–Trinajstić information content (AvgIpc) is 2.35. The Hall–Kier alpha value is 1.11. The minimum atomic E-state index is -0.472. The van der Waals surface area contributed by atoms with Gasteiger partial charge in [0.2, 0.25) is 0 Å². The topological polar surface area (TPSA) is 68.7 Å². The molecule has 4 nitrogen and oxygen atoms in total. The van der Waals surface area contributed by atoms with Crippen LogP contribution >= 0.6 is 18.8 Å². The van der Waals surface area contributed by atoms with Crippen LogP contribution in [-0.4, -0.2) is 48.6 Å². The molecule has 2 atom stereocenters. The molecule has 0 saturated carbocycles. The van der Waals surface area contributed by atoms with Crippen LogP contribution in [0.4, 0.5) is 0 Å². The van der Waals surface area contributed by atoms with Gasteiger partial charge in [0.25, 0.3) is 0 Å². The molecule has 0 aromatic heterocycles. The van der Waals surface area contributed by atoms with E-state index in [4.69, 9.17) is 29.0 Å². The van der Waals surface area contributed by atoms with E-state index in [9.17, 15) is 0 Å². The van der Waals surface area contributed by atoms with Crippen molar-refractivity contribution in [1.82, 2.24) is 0 Å². The Labute approximate surface area is 121 Å². The summed E-state index contributed by atoms with van der Waals surface area (Å²) in [4.78, 5) is 0. The Balaban J connectivity index is 0. The van der Waals surface area contributed by atoms with Crippen LogP contribution in [-0.2, 0) is 16.5 Å². The minimum absolute atomic E-state index is 0.0550. The predicted octanol–water partition coefficient (Wildman–Crippen LogP) is 2.65. The summed E-state index contributed by atoms with van der Waals surface area (Å²) >= 11 is -0.472. The molecule has 0 radical (unpaired) electrons. The van der Waals surface area contributed by atoms with E-state index < -0.39 is 16.5 Å². The molecular weight excluding hydrogens is 446 g/mol. The molecule has 0 aliphatic carbocycles. The maximum atomic E-state index is 8.86. The summed E-state index contributed by atoms with van der Waals surface area (Å²) in [6.45, 7) is 5.54. The Bertz CT molecular complexity index is 125. The molecule has 0 saturated heterocycles. The molecule has 17 heavy (non-hydrogen) atoms. The van der Waals surface area contributed by atoms with Crippen LogP contribution < -0.4 is 0 Å². The summed E-state index contributed by atoms with van der Waals surface area (Å²) in [5, 5.41) is 26.3. The molecule has 0 aliphatic rings. The molecule has 0 aromatic rings. The Morgan fingerprint density at radius 2 is 1.24 bits per heavy atom. The van der Waals surface area contributed by atoms with Crippen LogP contribution in [0, 0.1) is 0 Å². The van der Waals surface area contributed by atoms with Gasteiger partial charge in [0.05, 0.1) is 0 Å². The normalized spacial score (nSPS) is 14.0. The molecule has 2 unspecified atom stereocenters. The van der Waals surface area contributed by atoms with Crippen molar-refractivity contribution in [2.75, 3.05) is 26.3 Å². The molecule has 0 fully saturated rings. The summed E-state index contributed by atoms with van der Waals surface area (Å²) in [6.07, 6.45) is 1.74. The second-order valence-corrected chi connectivity index (χ2v) is 6.63. The quantitative estimate of drug-likeness (QED) is 0.511. The molecular formula is C10H22Cl2N2O2Pt. The zero-order valence-electron chi connectivity index (χ0n) is 10.3. The van der Waals surface area contributed by atoms with Gasteiger partial charge in [-0.3, -0.25) is 0 Å². The van der Waals surface area contributed by atoms with Crippen molar-refractivity contribution >= 4 is 18.8 Å². The van der Waals surface area contributed by atoms with Gasteiger partial charge in [0.15, 0.2) is 0 Å². The number of aliphatic hydroxyl groups is 2. The van der Waals surface area contributed by atoms with Gasteiger partial charge in [0, 0.05) is 13.2 Å². The van der Waals surface area contributed by atoms with E-state index in [1.807, 2.05) is 13.8 Å². The summed E-state index contributed by atoms with van der Waals surface area (Å²) in [5.74, 6) is 0. The first-order chi connectivity index (χ1) is 8.19. The van der Waals surface area contributed by atoms with Crippen molar-refractivity contribution in [3.05, 3.63) is 10.6 Å². The predicted molar refractivity (Wildman–Crippen MR) is 70.5 cm³/mol. The Morgan fingerprint density at radius 3 is 1.41 bits per heavy atom. The van der Waals surface area contributed by atoms with Crippen LogP contribution in [0.5, 0.6) is 0 Å². The maximum absolute atomic E-state index is 8.86. The van der Waals surface area contributed by atoms with Crippen molar-refractivity contribution in [3.8, 4) is 0 Å². The van der Waals surface area contributed by atoms with E-state index in [0.29, 0.717) is 13.1 Å². The van der Waals surface area contributed by atoms with Crippen LogP contribution in [0.15, 0.2) is 0 Å². The van der Waals surface area contributed by atoms with Crippen LogP contribution in [0.25, 0.3) is 10.6 Å². The Morgan fingerprint density at radius 1 is 0.941 bits per heavy atom. The number of aliphatic hydroxyl groups excluding tert-OH is 2. The zero-order valence-corrected chi connectivity index (χ0v) is 14.0. The van der Waals surface area contributed by atoms with Crippen molar-refractivity contribution in [3.63, 3.8) is 0 Å². The number of hydrogen-bond donors (Lipinski definition) is 2. The molecule has 0 heterocycles. The molecule has 0 bridgehead atoms. The molecule has 0 aromatic carbocycles. The van der Waals surface area contributed by atoms with E-state index in [0.717, 1.165) is 12.8 Å². The first-order valence-electron chi connectivity index (χ1n) is 5.57. The van der Waals surface area contributed by atoms with Gasteiger partial charge in [-0.25, -0.2) is 0 Å². The third kappa shape index (κ3) is 15.1. The van der Waals surface area contributed by atoms with Crippen molar-refractivity contribution in [1.29, 1.82) is 0 Å². The van der Waals surface area contributed by atoms with Crippen LogP contribution in [0.2, 0.25) is 0 Å². The summed E-state index contributed by atoms with van der Waals surface area (Å²) in [5.41, 5.74) is 0. The van der Waals surface area contributed by atoms with Crippen LogP contribution in [0.1, 0.15) is 26.7 Å². The summed E-state index contributed by atoms with van der Waals surface area (Å²) in [7, 11) is 9.75. The van der Waals surface area contributed by atoms with Gasteiger partial charge in [0.1, 0.15) is 0 Å². The van der Waals surface area contributed by atoms with E-state index in [-0.39, 0.29) is 25.3 Å². The van der Waals surface area contributed by atoms with Gasteiger partial charge >= 0.3 is 35.3 Å². The third-order valence-corrected chi connectivity index (χ3v) is 2.24. The fourth-order valence-corrected chi connectivity index (χ4v) is 1.11. The van der Waals surface area contributed by atoms with E-state index in [2.05, 4.69) is 10.6 Å². The second-order valence-electron chi connectivity index (χ2n) is 3.35. The zero-order chi connectivity index (χ0) is 13.5. The first kappa shape index (κ1) is 20.4. The first-order valence-corrected chi connectivity index (χ1v) is 11.2. The van der Waals surface area contributed by atoms with Gasteiger partial charge in [-0.1, -0.05) is 26.7 Å². The molecule has 0 spiro atoms. The number of halogens is 2. The van der Waals surface area contributed by atoms with Gasteiger partial charge in [-0.05, 0) is 0 Å². The molecule has 2 N–H and O–H groups in total. The fourth-order valence-electron chi connectivity index (χ4n) is 1.11. The number of hydrogen-bond acceptors (Lipinski definition) is 2. The molecule has 7 heteroatoms. The standard InChI is InChI=1S/C10H22N2O2.2ClH.Pt/c1-3-9(7-13)11-5-6-12-10(4-2)8-14;;;/h9-10,13-14H,3-8H2,1-2H3;2*1H;/q-2;;;+4/p-2. The molecule has 0 amide bonds. The second kappa shape index (κ2) is 17.1. The number of rotatable bonds is 9. The Kier molecular flexibility index (Phi) is 20.6. The van der Waals surface area contributed by atoms with Gasteiger partial charge in [-0.15, -0.1) is 12.1 Å². The van der Waals surface area contributed by atoms with E-state index in [1.54, 1.807) is 0 Å². The van der Waals surface area contributed by atoms with E-state index >= 15 is 0 Å². The van der Waals surface area contributed by atoms with Crippen LogP contribution in [0.3, 0.4) is 0 Å². The SMILES string of the molecule is CCC(CO)[N-]CC[N-]C(CC)CO.[Cl][Pt+2][Cl]. The molecule has 108 valence electrons. The van der Waals surface area contributed by atoms with Crippen molar-refractivity contribution < 1.29 is 26.7 Å². The van der Waals surface area contributed by atoms with Gasteiger partial charge in [-0.2, -0.15) is 13.1 Å². The van der Waals surface area contributed by atoms with Crippen molar-refractivity contribution in [2.45, 2.75) is 38.8 Å². The summed E-state index contributed by atoms with van der Waals surface area (Å²) < 4.78 is 0. The van der Waals surface area contributed by atoms with E-state index in [1.165, 1.54) is 0 Å². The number of nitrogens with zero attached hydrogens (tertiary/aromatic N) is 2. The third-order valence-electron chi connectivity index (χ3n) is 2.24. The molecule has 0 aliphatic heterocycles. The summed E-state index contributed by atoms with van der Waals surface area (Å²) in [6, 6.07) is 0.110. The molecule has 0 rings (SSSR count). The van der Waals surface area contributed by atoms with Gasteiger partial charge < -0.3 is 20.8 Å². The monoisotopic (exact) mass is 467 g/mol. The van der Waals surface area contributed by atoms with Crippen molar-refractivity contribution in [2.24, 2.45) is 0 Å². The fraction of sp³-hybridized carbons (Fsp3) is 1.00.